The molecule has 1 aromatic carbocycles. The van der Waals surface area contributed by atoms with E-state index in [2.05, 4.69) is 5.32 Å². The number of rotatable bonds is 3. The fourth-order valence-corrected chi connectivity index (χ4v) is 2.53. The van der Waals surface area contributed by atoms with Gasteiger partial charge in [0.1, 0.15) is 0 Å². The summed E-state index contributed by atoms with van der Waals surface area (Å²) in [6.07, 6.45) is 0. The number of carbonyl (C=O) groups excluding carboxylic acids is 1. The molecule has 0 bridgehead atoms. The second kappa shape index (κ2) is 5.42. The molecule has 2 rings (SSSR count). The molecule has 0 saturated heterocycles. The number of amides is 1. The molecule has 3 nitrogen and oxygen atoms in total. The molecule has 1 heterocycles. The molecule has 5 heteroatoms. The van der Waals surface area contributed by atoms with Gasteiger partial charge in [-0.1, -0.05) is 23.7 Å². The predicted octanol–water partition coefficient (Wildman–Crippen LogP) is 3.47. The molecule has 2 aromatic rings. The number of nitrogens with two attached hydrogens (primary N) is 1. The van der Waals surface area contributed by atoms with E-state index in [1.54, 1.807) is 29.5 Å². The Morgan fingerprint density at radius 1 is 1.39 bits per heavy atom. The first-order valence-corrected chi connectivity index (χ1v) is 6.73. The van der Waals surface area contributed by atoms with Crippen LogP contribution in [0.3, 0.4) is 0 Å². The lowest BCUT2D eigenvalue weighted by Gasteiger charge is -2.13. The van der Waals surface area contributed by atoms with E-state index in [-0.39, 0.29) is 11.9 Å². The van der Waals surface area contributed by atoms with Crippen LogP contribution in [0.25, 0.3) is 0 Å². The molecule has 18 heavy (non-hydrogen) atoms. The maximum atomic E-state index is 12.1. The second-order valence-corrected chi connectivity index (χ2v) is 5.30. The number of halogens is 1. The SMILES string of the molecule is CC(NC(=O)c1cccc(Cl)c1N)c1cccs1. The quantitative estimate of drug-likeness (QED) is 0.846. The molecule has 0 radical (unpaired) electrons. The molecule has 0 aliphatic carbocycles. The van der Waals surface area contributed by atoms with Crippen LogP contribution in [0.1, 0.15) is 28.2 Å². The fourth-order valence-electron chi connectivity index (χ4n) is 1.62. The van der Waals surface area contributed by atoms with E-state index < -0.39 is 0 Å². The molecule has 0 aliphatic rings. The average Bonchev–Trinajstić information content (AvgIpc) is 2.86. The van der Waals surface area contributed by atoms with E-state index in [1.165, 1.54) is 0 Å². The van der Waals surface area contributed by atoms with Crippen molar-refractivity contribution >= 4 is 34.5 Å². The molecule has 1 aromatic heterocycles. The van der Waals surface area contributed by atoms with Crippen LogP contribution in [-0.2, 0) is 0 Å². The standard InChI is InChI=1S/C13H13ClN2OS/c1-8(11-6-3-7-18-11)16-13(17)9-4-2-5-10(14)12(9)15/h2-8H,15H2,1H3,(H,16,17). The summed E-state index contributed by atoms with van der Waals surface area (Å²) in [5.41, 5.74) is 6.51. The van der Waals surface area contributed by atoms with E-state index in [0.717, 1.165) is 4.88 Å². The Labute approximate surface area is 115 Å². The highest BCUT2D eigenvalue weighted by molar-refractivity contribution is 7.10. The number of benzene rings is 1. The highest BCUT2D eigenvalue weighted by atomic mass is 35.5. The van der Waals surface area contributed by atoms with Gasteiger partial charge in [0.25, 0.3) is 5.91 Å². The number of nitrogens with one attached hydrogen (secondary N) is 1. The van der Waals surface area contributed by atoms with E-state index in [4.69, 9.17) is 17.3 Å². The monoisotopic (exact) mass is 280 g/mol. The summed E-state index contributed by atoms with van der Waals surface area (Å²) in [5, 5.41) is 5.27. The third kappa shape index (κ3) is 2.66. The first-order valence-electron chi connectivity index (χ1n) is 5.48. The molecule has 0 fully saturated rings. The summed E-state index contributed by atoms with van der Waals surface area (Å²) in [7, 11) is 0. The van der Waals surface area contributed by atoms with Gasteiger partial charge < -0.3 is 11.1 Å². The van der Waals surface area contributed by atoms with Crippen molar-refractivity contribution in [2.75, 3.05) is 5.73 Å². The number of thiophene rings is 1. The van der Waals surface area contributed by atoms with Crippen LogP contribution in [0.2, 0.25) is 5.02 Å². The van der Waals surface area contributed by atoms with Crippen LogP contribution in [0, 0.1) is 0 Å². The number of hydrogen-bond donors (Lipinski definition) is 2. The van der Waals surface area contributed by atoms with Crippen LogP contribution in [0.4, 0.5) is 5.69 Å². The smallest absolute Gasteiger partial charge is 0.253 e. The van der Waals surface area contributed by atoms with Gasteiger partial charge in [-0.05, 0) is 30.5 Å². The Morgan fingerprint density at radius 2 is 2.17 bits per heavy atom. The minimum atomic E-state index is -0.212. The van der Waals surface area contributed by atoms with Gasteiger partial charge in [0.05, 0.1) is 22.3 Å². The van der Waals surface area contributed by atoms with Gasteiger partial charge in [-0.25, -0.2) is 0 Å². The Kier molecular flexibility index (Phi) is 3.89. The predicted molar refractivity (Wildman–Crippen MR) is 76.1 cm³/mol. The van der Waals surface area contributed by atoms with Crippen LogP contribution < -0.4 is 11.1 Å². The molecule has 0 aliphatic heterocycles. The van der Waals surface area contributed by atoms with Crippen LogP contribution in [0.5, 0.6) is 0 Å². The zero-order valence-corrected chi connectivity index (χ0v) is 11.4. The molecule has 1 unspecified atom stereocenters. The summed E-state index contributed by atoms with van der Waals surface area (Å²) in [6.45, 7) is 1.93. The minimum Gasteiger partial charge on any atom is -0.397 e. The van der Waals surface area contributed by atoms with Crippen molar-refractivity contribution in [3.63, 3.8) is 0 Å². The van der Waals surface area contributed by atoms with Gasteiger partial charge >= 0.3 is 0 Å². The van der Waals surface area contributed by atoms with Crippen molar-refractivity contribution in [2.45, 2.75) is 13.0 Å². The Bertz CT molecular complexity index is 554. The highest BCUT2D eigenvalue weighted by Gasteiger charge is 2.15. The summed E-state index contributed by atoms with van der Waals surface area (Å²) < 4.78 is 0. The normalized spacial score (nSPS) is 12.1. The van der Waals surface area contributed by atoms with Crippen molar-refractivity contribution in [1.29, 1.82) is 0 Å². The molecule has 3 N–H and O–H groups in total. The van der Waals surface area contributed by atoms with E-state index >= 15 is 0 Å². The summed E-state index contributed by atoms with van der Waals surface area (Å²) in [5.74, 6) is -0.212. The van der Waals surface area contributed by atoms with Crippen molar-refractivity contribution in [2.24, 2.45) is 0 Å². The van der Waals surface area contributed by atoms with Gasteiger partial charge in [-0.2, -0.15) is 0 Å². The van der Waals surface area contributed by atoms with Crippen LogP contribution in [-0.4, -0.2) is 5.91 Å². The number of nitrogen functional groups attached to an aromatic ring is 1. The maximum Gasteiger partial charge on any atom is 0.253 e. The second-order valence-electron chi connectivity index (χ2n) is 3.91. The minimum absolute atomic E-state index is 0.0455. The number of para-hydroxylation sites is 1. The number of anilines is 1. The molecule has 0 spiro atoms. The van der Waals surface area contributed by atoms with Crippen molar-refractivity contribution in [3.05, 3.63) is 51.2 Å². The topological polar surface area (TPSA) is 55.1 Å². The largest absolute Gasteiger partial charge is 0.397 e. The van der Waals surface area contributed by atoms with Gasteiger partial charge in [0.15, 0.2) is 0 Å². The Hall–Kier alpha value is -1.52. The first-order chi connectivity index (χ1) is 8.59. The lowest BCUT2D eigenvalue weighted by Crippen LogP contribution is -2.26. The van der Waals surface area contributed by atoms with E-state index in [9.17, 15) is 4.79 Å². The van der Waals surface area contributed by atoms with Gasteiger partial charge in [-0.15, -0.1) is 11.3 Å². The fraction of sp³-hybridized carbons (Fsp3) is 0.154. The molecule has 1 atom stereocenters. The van der Waals surface area contributed by atoms with Crippen molar-refractivity contribution in [1.82, 2.24) is 5.32 Å². The third-order valence-corrected chi connectivity index (χ3v) is 4.00. The lowest BCUT2D eigenvalue weighted by atomic mass is 10.1. The van der Waals surface area contributed by atoms with Crippen LogP contribution in [0.15, 0.2) is 35.7 Å². The number of hydrogen-bond acceptors (Lipinski definition) is 3. The van der Waals surface area contributed by atoms with E-state index in [0.29, 0.717) is 16.3 Å². The van der Waals surface area contributed by atoms with E-state index in [1.807, 2.05) is 24.4 Å². The molecular weight excluding hydrogens is 268 g/mol. The lowest BCUT2D eigenvalue weighted by molar-refractivity contribution is 0.0941. The average molecular weight is 281 g/mol. The zero-order chi connectivity index (χ0) is 13.1. The summed E-state index contributed by atoms with van der Waals surface area (Å²) >= 11 is 7.49. The summed E-state index contributed by atoms with van der Waals surface area (Å²) in [6, 6.07) is 8.93. The van der Waals surface area contributed by atoms with Crippen LogP contribution >= 0.6 is 22.9 Å². The summed E-state index contributed by atoms with van der Waals surface area (Å²) in [4.78, 5) is 13.2. The Balaban J connectivity index is 2.15. The van der Waals surface area contributed by atoms with Gasteiger partial charge in [0.2, 0.25) is 0 Å². The molecule has 94 valence electrons. The molecule has 1 amide bonds. The molecule has 0 saturated carbocycles. The first kappa shape index (κ1) is 12.9. The zero-order valence-electron chi connectivity index (χ0n) is 9.81. The third-order valence-electron chi connectivity index (χ3n) is 2.62. The Morgan fingerprint density at radius 3 is 2.83 bits per heavy atom. The van der Waals surface area contributed by atoms with Crippen molar-refractivity contribution in [3.8, 4) is 0 Å². The maximum absolute atomic E-state index is 12.1. The molecular formula is C13H13ClN2OS. The van der Waals surface area contributed by atoms with Gasteiger partial charge in [-0.3, -0.25) is 4.79 Å². The number of carbonyl (C=O) groups is 1. The van der Waals surface area contributed by atoms with Gasteiger partial charge in [0, 0.05) is 4.88 Å². The van der Waals surface area contributed by atoms with Crippen molar-refractivity contribution < 1.29 is 4.79 Å². The highest BCUT2D eigenvalue weighted by Crippen LogP contribution is 2.24.